The number of nitriles is 1. The van der Waals surface area contributed by atoms with Crippen LogP contribution in [-0.2, 0) is 11.0 Å². The number of rotatable bonds is 7. The Hall–Kier alpha value is -4.78. The summed E-state index contributed by atoms with van der Waals surface area (Å²) in [6.45, 7) is 0. The highest BCUT2D eigenvalue weighted by molar-refractivity contribution is 6.10. The number of carbonyl (C=O) groups is 2. The number of methoxy groups -OCH3 is 2. The third-order valence-electron chi connectivity index (χ3n) is 4.87. The first-order valence-electron chi connectivity index (χ1n) is 10.3. The van der Waals surface area contributed by atoms with Crippen molar-refractivity contribution in [1.29, 1.82) is 5.26 Å². The van der Waals surface area contributed by atoms with Crippen LogP contribution in [0.25, 0.3) is 6.08 Å². The van der Waals surface area contributed by atoms with E-state index in [-0.39, 0.29) is 22.6 Å². The van der Waals surface area contributed by atoms with Crippen LogP contribution in [0.15, 0.2) is 72.3 Å². The van der Waals surface area contributed by atoms with Crippen LogP contribution < -0.4 is 19.5 Å². The highest BCUT2D eigenvalue weighted by atomic mass is 19.4. The highest BCUT2D eigenvalue weighted by Crippen LogP contribution is 2.35. The summed E-state index contributed by atoms with van der Waals surface area (Å²) in [5.41, 5.74) is -1.50. The molecule has 0 aromatic heterocycles. The van der Waals surface area contributed by atoms with Gasteiger partial charge in [-0.1, -0.05) is 18.2 Å². The monoisotopic (exact) mass is 496 g/mol. The Morgan fingerprint density at radius 1 is 0.944 bits per heavy atom. The lowest BCUT2D eigenvalue weighted by atomic mass is 10.1. The summed E-state index contributed by atoms with van der Waals surface area (Å²) < 4.78 is 55.3. The molecular weight excluding hydrogens is 477 g/mol. The number of benzene rings is 3. The average molecular weight is 496 g/mol. The second kappa shape index (κ2) is 11.1. The van der Waals surface area contributed by atoms with Crippen molar-refractivity contribution >= 4 is 23.6 Å². The minimum Gasteiger partial charge on any atom is -0.497 e. The number of carbonyl (C=O) groups excluding carboxylic acids is 2. The second-order valence-corrected chi connectivity index (χ2v) is 7.20. The fourth-order valence-corrected chi connectivity index (χ4v) is 3.09. The first kappa shape index (κ1) is 25.8. The van der Waals surface area contributed by atoms with Gasteiger partial charge in [0.2, 0.25) is 0 Å². The molecule has 0 atom stereocenters. The molecule has 0 fully saturated rings. The van der Waals surface area contributed by atoms with Crippen LogP contribution in [0.5, 0.6) is 17.2 Å². The predicted molar refractivity (Wildman–Crippen MR) is 125 cm³/mol. The second-order valence-electron chi connectivity index (χ2n) is 7.20. The zero-order chi connectivity index (χ0) is 26.3. The highest BCUT2D eigenvalue weighted by Gasteiger charge is 2.33. The molecule has 0 aliphatic heterocycles. The number of nitrogens with one attached hydrogen (secondary N) is 1. The number of amides is 1. The molecule has 1 N–H and O–H groups in total. The zero-order valence-electron chi connectivity index (χ0n) is 19.1. The van der Waals surface area contributed by atoms with E-state index in [9.17, 15) is 28.0 Å². The maximum Gasteiger partial charge on any atom is 0.418 e. The van der Waals surface area contributed by atoms with Crippen molar-refractivity contribution in [1.82, 2.24) is 0 Å². The van der Waals surface area contributed by atoms with Gasteiger partial charge in [-0.05, 0) is 60.2 Å². The van der Waals surface area contributed by atoms with Crippen molar-refractivity contribution in [2.75, 3.05) is 19.5 Å². The van der Waals surface area contributed by atoms with Crippen LogP contribution in [0.1, 0.15) is 21.5 Å². The Balaban J connectivity index is 1.86. The maximum absolute atomic E-state index is 13.2. The zero-order valence-corrected chi connectivity index (χ0v) is 19.1. The molecule has 0 bridgehead atoms. The van der Waals surface area contributed by atoms with Crippen LogP contribution in [0.2, 0.25) is 0 Å². The van der Waals surface area contributed by atoms with E-state index in [4.69, 9.17) is 14.2 Å². The molecule has 0 spiro atoms. The van der Waals surface area contributed by atoms with Crippen molar-refractivity contribution in [3.05, 3.63) is 89.0 Å². The van der Waals surface area contributed by atoms with Crippen molar-refractivity contribution in [2.24, 2.45) is 0 Å². The number of hydrogen-bond donors (Lipinski definition) is 1. The molecule has 0 radical (unpaired) electrons. The van der Waals surface area contributed by atoms with Crippen molar-refractivity contribution < 1.29 is 37.0 Å². The lowest BCUT2D eigenvalue weighted by Gasteiger charge is -2.13. The Morgan fingerprint density at radius 3 is 2.25 bits per heavy atom. The molecule has 3 rings (SSSR count). The minimum atomic E-state index is -4.70. The fraction of sp³-hybridized carbons (Fsp3) is 0.115. The molecule has 10 heteroatoms. The Bertz CT molecular complexity index is 1340. The van der Waals surface area contributed by atoms with Crippen molar-refractivity contribution in [3.63, 3.8) is 0 Å². The van der Waals surface area contributed by atoms with Gasteiger partial charge >= 0.3 is 12.1 Å². The van der Waals surface area contributed by atoms with E-state index in [0.29, 0.717) is 5.75 Å². The number of ether oxygens (including phenoxy) is 3. The van der Waals surface area contributed by atoms with E-state index < -0.39 is 34.9 Å². The molecule has 0 unspecified atom stereocenters. The lowest BCUT2D eigenvalue weighted by Crippen LogP contribution is -2.17. The molecule has 0 aliphatic rings. The molecule has 1 amide bonds. The molecule has 3 aromatic carbocycles. The van der Waals surface area contributed by atoms with E-state index >= 15 is 0 Å². The smallest absolute Gasteiger partial charge is 0.418 e. The average Bonchev–Trinajstić information content (AvgIpc) is 2.87. The van der Waals surface area contributed by atoms with Gasteiger partial charge in [0.1, 0.15) is 17.4 Å². The number of nitrogens with zero attached hydrogens (tertiary/aromatic N) is 1. The lowest BCUT2D eigenvalue weighted by molar-refractivity contribution is -0.137. The standard InChI is InChI=1S/C26H19F3N2O5/c1-34-19-10-8-17(9-11-19)25(33)36-23-14-16(7-12-22(23)35-2)13-18(15-30)24(32)31-21-6-4-3-5-20(21)26(27,28)29/h3-14H,1-2H3,(H,31,32). The number of para-hydroxylation sites is 1. The van der Waals surface area contributed by atoms with Gasteiger partial charge in [0.25, 0.3) is 5.91 Å². The van der Waals surface area contributed by atoms with E-state index in [1.165, 1.54) is 56.7 Å². The van der Waals surface area contributed by atoms with E-state index in [1.807, 2.05) is 0 Å². The fourth-order valence-electron chi connectivity index (χ4n) is 3.09. The van der Waals surface area contributed by atoms with Gasteiger partial charge in [-0.15, -0.1) is 0 Å². The molecule has 0 saturated carbocycles. The van der Waals surface area contributed by atoms with E-state index in [2.05, 4.69) is 5.32 Å². The maximum atomic E-state index is 13.2. The molecule has 0 heterocycles. The van der Waals surface area contributed by atoms with Crippen LogP contribution >= 0.6 is 0 Å². The molecule has 36 heavy (non-hydrogen) atoms. The molecule has 184 valence electrons. The SMILES string of the molecule is COc1ccc(C(=O)Oc2cc(C=C(C#N)C(=O)Nc3ccccc3C(F)(F)F)ccc2OC)cc1. The molecule has 7 nitrogen and oxygen atoms in total. The molecule has 0 saturated heterocycles. The number of anilines is 1. The third kappa shape index (κ3) is 6.21. The van der Waals surface area contributed by atoms with Crippen molar-refractivity contribution in [2.45, 2.75) is 6.18 Å². The molecule has 3 aromatic rings. The third-order valence-corrected chi connectivity index (χ3v) is 4.87. The van der Waals surface area contributed by atoms with Gasteiger partial charge < -0.3 is 19.5 Å². The molecular formula is C26H19F3N2O5. The Kier molecular flexibility index (Phi) is 7.96. The number of halogens is 3. The number of alkyl halides is 3. The van der Waals surface area contributed by atoms with Gasteiger partial charge in [0, 0.05) is 0 Å². The summed E-state index contributed by atoms with van der Waals surface area (Å²) in [5.74, 6) is -0.972. The van der Waals surface area contributed by atoms with Gasteiger partial charge in [-0.3, -0.25) is 4.79 Å². The number of hydrogen-bond acceptors (Lipinski definition) is 6. The van der Waals surface area contributed by atoms with E-state index in [0.717, 1.165) is 18.2 Å². The normalized spacial score (nSPS) is 11.3. The number of esters is 1. The predicted octanol–water partition coefficient (Wildman–Crippen LogP) is 5.49. The summed E-state index contributed by atoms with van der Waals surface area (Å²) in [4.78, 5) is 25.1. The first-order chi connectivity index (χ1) is 17.2. The van der Waals surface area contributed by atoms with Crippen LogP contribution in [0, 0.1) is 11.3 Å². The van der Waals surface area contributed by atoms with Gasteiger partial charge in [0.05, 0.1) is 31.0 Å². The van der Waals surface area contributed by atoms with Gasteiger partial charge in [-0.25, -0.2) is 4.79 Å². The van der Waals surface area contributed by atoms with Crippen LogP contribution in [0.3, 0.4) is 0 Å². The molecule has 0 aliphatic carbocycles. The first-order valence-corrected chi connectivity index (χ1v) is 10.3. The topological polar surface area (TPSA) is 97.7 Å². The van der Waals surface area contributed by atoms with E-state index in [1.54, 1.807) is 18.2 Å². The van der Waals surface area contributed by atoms with Gasteiger partial charge in [-0.2, -0.15) is 18.4 Å². The van der Waals surface area contributed by atoms with Gasteiger partial charge in [0.15, 0.2) is 11.5 Å². The summed E-state index contributed by atoms with van der Waals surface area (Å²) in [5, 5.41) is 11.6. The van der Waals surface area contributed by atoms with Crippen molar-refractivity contribution in [3.8, 4) is 23.3 Å². The minimum absolute atomic E-state index is 0.00665. The van der Waals surface area contributed by atoms with Crippen LogP contribution in [-0.4, -0.2) is 26.1 Å². The largest absolute Gasteiger partial charge is 0.497 e. The summed E-state index contributed by atoms with van der Waals surface area (Å²) in [7, 11) is 2.85. The summed E-state index contributed by atoms with van der Waals surface area (Å²) >= 11 is 0. The quantitative estimate of drug-likeness (QED) is 0.201. The summed E-state index contributed by atoms with van der Waals surface area (Å²) in [6, 6.07) is 16.6. The Morgan fingerprint density at radius 2 is 1.64 bits per heavy atom. The Labute approximate surface area is 204 Å². The summed E-state index contributed by atoms with van der Waals surface area (Å²) in [6.07, 6.45) is -3.55. The van der Waals surface area contributed by atoms with Crippen LogP contribution in [0.4, 0.5) is 18.9 Å².